The second kappa shape index (κ2) is 8.17. The minimum absolute atomic E-state index is 0.106. The number of hydrogen-bond donors (Lipinski definition) is 1. The Labute approximate surface area is 223 Å². The number of ketones is 2. The van der Waals surface area contributed by atoms with Gasteiger partial charge in [-0.25, -0.2) is 23.5 Å². The highest BCUT2D eigenvalue weighted by Crippen LogP contribution is 2.62. The van der Waals surface area contributed by atoms with Crippen molar-refractivity contribution in [2.75, 3.05) is 7.11 Å². The van der Waals surface area contributed by atoms with Gasteiger partial charge < -0.3 is 9.84 Å². The minimum Gasteiger partial charge on any atom is -0.503 e. The van der Waals surface area contributed by atoms with Crippen molar-refractivity contribution in [3.05, 3.63) is 64.3 Å². The van der Waals surface area contributed by atoms with E-state index in [1.54, 1.807) is 19.9 Å². The molecule has 190 valence electrons. The standard InChI is InChI=1S/C25H25Br2N3O6/c1-10-11(2)22(33)25(3)14(20(10)31)9-15-12(6-7-29-23(34)28(4)24(35)30(15)29)17(25)13-8-16(36-5)21(32)19(27)18(13)26/h6,8,14-15,17,32H,7,9H2,1-5H3/t14-,15+,17+,25+/m0/s1. The van der Waals surface area contributed by atoms with E-state index in [2.05, 4.69) is 31.9 Å². The number of allylic oxidation sites excluding steroid dienone is 4. The third-order valence-electron chi connectivity index (χ3n) is 8.33. The van der Waals surface area contributed by atoms with Gasteiger partial charge in [0.1, 0.15) is 0 Å². The summed E-state index contributed by atoms with van der Waals surface area (Å²) < 4.78 is 10.1. The third kappa shape index (κ3) is 2.98. The van der Waals surface area contributed by atoms with E-state index in [0.717, 1.165) is 10.1 Å². The molecule has 11 heteroatoms. The number of benzene rings is 1. The third-order valence-corrected chi connectivity index (χ3v) is 10.5. The van der Waals surface area contributed by atoms with Gasteiger partial charge in [-0.05, 0) is 80.5 Å². The van der Waals surface area contributed by atoms with E-state index in [0.29, 0.717) is 25.7 Å². The van der Waals surface area contributed by atoms with Gasteiger partial charge in [-0.3, -0.25) is 9.59 Å². The van der Waals surface area contributed by atoms with Crippen LogP contribution in [0.3, 0.4) is 0 Å². The van der Waals surface area contributed by atoms with Crippen molar-refractivity contribution < 1.29 is 19.4 Å². The Morgan fingerprint density at radius 2 is 1.75 bits per heavy atom. The smallest absolute Gasteiger partial charge is 0.347 e. The number of aromatic hydroxyl groups is 1. The van der Waals surface area contributed by atoms with Gasteiger partial charge in [0.05, 0.1) is 29.6 Å². The van der Waals surface area contributed by atoms with E-state index in [4.69, 9.17) is 4.74 Å². The molecular weight excluding hydrogens is 598 g/mol. The molecule has 0 spiro atoms. The molecule has 1 aromatic heterocycles. The number of methoxy groups -OCH3 is 1. The van der Waals surface area contributed by atoms with Gasteiger partial charge in [0.25, 0.3) is 0 Å². The number of carbonyl (C=O) groups is 2. The highest BCUT2D eigenvalue weighted by molar-refractivity contribution is 9.13. The first kappa shape index (κ1) is 25.0. The number of aromatic nitrogens is 3. The molecule has 1 aliphatic heterocycles. The summed E-state index contributed by atoms with van der Waals surface area (Å²) in [7, 11) is 2.86. The second-order valence-corrected chi connectivity index (χ2v) is 11.4. The number of phenols is 1. The maximum Gasteiger partial charge on any atom is 0.347 e. The van der Waals surface area contributed by atoms with Crippen molar-refractivity contribution in [3.63, 3.8) is 0 Å². The van der Waals surface area contributed by atoms with Gasteiger partial charge in [0.15, 0.2) is 23.1 Å². The number of rotatable bonds is 2. The summed E-state index contributed by atoms with van der Waals surface area (Å²) in [6.07, 6.45) is 2.10. The Morgan fingerprint density at radius 1 is 1.08 bits per heavy atom. The molecule has 3 aliphatic rings. The number of fused-ring (bicyclic) bond motifs is 4. The fourth-order valence-electron chi connectivity index (χ4n) is 6.27. The van der Waals surface area contributed by atoms with Crippen LogP contribution in [0.2, 0.25) is 0 Å². The first-order chi connectivity index (χ1) is 16.9. The van der Waals surface area contributed by atoms with Gasteiger partial charge in [0.2, 0.25) is 0 Å². The van der Waals surface area contributed by atoms with E-state index in [-0.39, 0.29) is 36.0 Å². The number of Topliss-reactive ketones (excluding diaryl/α,β-unsaturated/α-hetero) is 2. The Morgan fingerprint density at radius 3 is 2.39 bits per heavy atom. The average molecular weight is 623 g/mol. The van der Waals surface area contributed by atoms with Crippen LogP contribution < -0.4 is 16.1 Å². The summed E-state index contributed by atoms with van der Waals surface area (Å²) in [5, 5.41) is 10.6. The summed E-state index contributed by atoms with van der Waals surface area (Å²) in [6.45, 7) is 5.31. The molecule has 1 aromatic carbocycles. The van der Waals surface area contributed by atoms with E-state index in [1.165, 1.54) is 23.5 Å². The van der Waals surface area contributed by atoms with Crippen LogP contribution in [0, 0.1) is 11.3 Å². The lowest BCUT2D eigenvalue weighted by atomic mass is 9.50. The summed E-state index contributed by atoms with van der Waals surface area (Å²) in [5.74, 6) is -1.54. The number of halogens is 2. The monoisotopic (exact) mass is 621 g/mol. The summed E-state index contributed by atoms with van der Waals surface area (Å²) in [5.41, 5.74) is 0.184. The van der Waals surface area contributed by atoms with Crippen LogP contribution in [-0.4, -0.2) is 37.7 Å². The van der Waals surface area contributed by atoms with Crippen molar-refractivity contribution in [3.8, 4) is 11.5 Å². The van der Waals surface area contributed by atoms with Crippen molar-refractivity contribution in [2.24, 2.45) is 18.4 Å². The highest BCUT2D eigenvalue weighted by atomic mass is 79.9. The maximum atomic E-state index is 14.0. The predicted molar refractivity (Wildman–Crippen MR) is 138 cm³/mol. The molecule has 0 unspecified atom stereocenters. The van der Waals surface area contributed by atoms with E-state index >= 15 is 0 Å². The Balaban J connectivity index is 1.86. The van der Waals surface area contributed by atoms with Gasteiger partial charge in [-0.2, -0.15) is 0 Å². The normalized spacial score (nSPS) is 27.4. The largest absolute Gasteiger partial charge is 0.503 e. The summed E-state index contributed by atoms with van der Waals surface area (Å²) in [4.78, 5) is 53.6. The van der Waals surface area contributed by atoms with Gasteiger partial charge >= 0.3 is 11.4 Å². The van der Waals surface area contributed by atoms with Crippen molar-refractivity contribution in [1.82, 2.24) is 13.9 Å². The molecule has 5 rings (SSSR count). The molecule has 1 N–H and O–H groups in total. The van der Waals surface area contributed by atoms with Crippen LogP contribution in [0.5, 0.6) is 11.5 Å². The van der Waals surface area contributed by atoms with E-state index in [1.807, 2.05) is 13.0 Å². The van der Waals surface area contributed by atoms with Crippen molar-refractivity contribution in [1.29, 1.82) is 0 Å². The van der Waals surface area contributed by atoms with E-state index < -0.39 is 34.7 Å². The van der Waals surface area contributed by atoms with E-state index in [9.17, 15) is 24.3 Å². The number of carbonyl (C=O) groups excluding carboxylic acids is 2. The van der Waals surface area contributed by atoms with Gasteiger partial charge in [0, 0.05) is 23.4 Å². The fraction of sp³-hybridized carbons (Fsp3) is 0.440. The zero-order valence-corrected chi connectivity index (χ0v) is 23.6. The Hall–Kier alpha value is -2.66. The van der Waals surface area contributed by atoms with Crippen LogP contribution in [-0.2, 0) is 23.2 Å². The van der Waals surface area contributed by atoms with Crippen LogP contribution in [0.15, 0.2) is 47.4 Å². The molecule has 2 aliphatic carbocycles. The zero-order valence-electron chi connectivity index (χ0n) is 20.4. The number of nitrogens with zero attached hydrogens (tertiary/aromatic N) is 3. The maximum absolute atomic E-state index is 14.0. The molecule has 1 fully saturated rings. The lowest BCUT2D eigenvalue weighted by molar-refractivity contribution is -0.140. The molecule has 9 nitrogen and oxygen atoms in total. The topological polar surface area (TPSA) is 113 Å². The first-order valence-corrected chi connectivity index (χ1v) is 13.1. The lowest BCUT2D eigenvalue weighted by Crippen LogP contribution is -2.55. The van der Waals surface area contributed by atoms with Crippen LogP contribution in [0.4, 0.5) is 0 Å². The molecular formula is C25H25Br2N3O6. The Bertz CT molecular complexity index is 1560. The van der Waals surface area contributed by atoms with Crippen LogP contribution >= 0.6 is 31.9 Å². The predicted octanol–water partition coefficient (Wildman–Crippen LogP) is 3.37. The molecule has 0 radical (unpaired) electrons. The molecule has 0 saturated heterocycles. The average Bonchev–Trinajstić information content (AvgIpc) is 3.09. The van der Waals surface area contributed by atoms with Gasteiger partial charge in [-0.1, -0.05) is 13.0 Å². The first-order valence-electron chi connectivity index (χ1n) is 11.5. The minimum atomic E-state index is -1.16. The van der Waals surface area contributed by atoms with Crippen molar-refractivity contribution in [2.45, 2.75) is 45.7 Å². The number of ether oxygens (including phenoxy) is 1. The SMILES string of the molecule is COc1cc([C@H]2C3=CCn4c(=O)n(C)c(=O)n4[C@@H]3C[C@H]3C(=O)C(C)=C(C)C(=O)[C@@]23C)c(Br)c(Br)c1O. The fourth-order valence-corrected chi connectivity index (χ4v) is 7.23. The highest BCUT2D eigenvalue weighted by Gasteiger charge is 2.60. The molecule has 2 heterocycles. The molecule has 4 atom stereocenters. The van der Waals surface area contributed by atoms with Crippen LogP contribution in [0.1, 0.15) is 44.7 Å². The molecule has 0 amide bonds. The summed E-state index contributed by atoms with van der Waals surface area (Å²) >= 11 is 7.00. The quantitative estimate of drug-likeness (QED) is 0.514. The lowest BCUT2D eigenvalue weighted by Gasteiger charge is -2.53. The molecule has 1 saturated carbocycles. The number of phenolic OH excluding ortho intramolecular Hbond substituents is 1. The van der Waals surface area contributed by atoms with Crippen molar-refractivity contribution >= 4 is 43.4 Å². The second-order valence-electron chi connectivity index (χ2n) is 9.86. The molecule has 0 bridgehead atoms. The zero-order chi connectivity index (χ0) is 26.4. The van der Waals surface area contributed by atoms with Crippen LogP contribution in [0.25, 0.3) is 0 Å². The molecule has 2 aromatic rings. The summed E-state index contributed by atoms with van der Waals surface area (Å²) in [6, 6.07) is 1.06. The number of hydrogen-bond acceptors (Lipinski definition) is 6. The van der Waals surface area contributed by atoms with Gasteiger partial charge in [-0.15, -0.1) is 0 Å². The Kier molecular flexibility index (Phi) is 5.68. The molecule has 36 heavy (non-hydrogen) atoms.